The number of halogens is 6. The standard InChI is InChI=1S/C29H37.C15H8F6.C11H17.Zr/c1-18-25-22-17-19-13-9-10-14-20(19)24(22)21-15-11-12-16-23(21)29(25,8)28(6,7)27(4,5)26(18,2)3;16-14(17,18)12-5-1-3-10(8-12)7-11-4-2-6-13(9-11)15(19,20)21;1-5-9-6-7-10(8-9)11(2,3)4;/h9-11,13-15,23H,12,16-17H2,1-8H3;1-6,8-9H;6-8H,5H2,1-4H3;/q-1;;-1;+2. The van der Waals surface area contributed by atoms with E-state index in [4.69, 9.17) is 0 Å². The zero-order valence-electron chi connectivity index (χ0n) is 38.5. The molecule has 1 fully saturated rings. The van der Waals surface area contributed by atoms with Crippen LogP contribution in [0.5, 0.6) is 0 Å². The van der Waals surface area contributed by atoms with E-state index in [-0.39, 0.29) is 32.8 Å². The van der Waals surface area contributed by atoms with Crippen LogP contribution in [0.2, 0.25) is 0 Å². The van der Waals surface area contributed by atoms with Crippen LogP contribution in [0.4, 0.5) is 26.3 Å². The Kier molecular flexibility index (Phi) is 13.0. The Hall–Kier alpha value is -3.57. The van der Waals surface area contributed by atoms with Crippen molar-refractivity contribution in [3.05, 3.63) is 170 Å². The van der Waals surface area contributed by atoms with Crippen molar-refractivity contribution >= 4 is 8.78 Å². The second kappa shape index (κ2) is 16.8. The Labute approximate surface area is 381 Å². The van der Waals surface area contributed by atoms with Crippen molar-refractivity contribution in [2.24, 2.45) is 27.6 Å². The van der Waals surface area contributed by atoms with Crippen LogP contribution in [-0.4, -0.2) is 3.21 Å². The van der Waals surface area contributed by atoms with E-state index in [0.29, 0.717) is 14.5 Å². The Morgan fingerprint density at radius 2 is 1.32 bits per heavy atom. The molecule has 0 aromatic heterocycles. The first-order chi connectivity index (χ1) is 28.6. The van der Waals surface area contributed by atoms with Crippen LogP contribution in [0.3, 0.4) is 0 Å². The van der Waals surface area contributed by atoms with Crippen molar-refractivity contribution in [2.75, 3.05) is 0 Å². The summed E-state index contributed by atoms with van der Waals surface area (Å²) in [5, 5.41) is 0. The summed E-state index contributed by atoms with van der Waals surface area (Å²) in [7, 11) is 0. The zero-order chi connectivity index (χ0) is 46.0. The molecule has 4 aromatic rings. The third-order valence-corrected chi connectivity index (χ3v) is 17.3. The molecule has 8 rings (SSSR count). The van der Waals surface area contributed by atoms with E-state index in [1.807, 2.05) is 0 Å². The molecule has 0 amide bonds. The molecule has 62 heavy (non-hydrogen) atoms. The average molecular weight is 928 g/mol. The molecule has 0 heterocycles. The van der Waals surface area contributed by atoms with Gasteiger partial charge in [0.25, 0.3) is 0 Å². The molecular weight excluding hydrogens is 866 g/mol. The average Bonchev–Trinajstić information content (AvgIpc) is 3.86. The Bertz CT molecular complexity index is 2360. The van der Waals surface area contributed by atoms with E-state index < -0.39 is 23.5 Å². The first-order valence-electron chi connectivity index (χ1n) is 21.9. The van der Waals surface area contributed by atoms with Crippen LogP contribution in [-0.2, 0) is 54.8 Å². The quantitative estimate of drug-likeness (QED) is 0.142. The Morgan fingerprint density at radius 1 is 0.758 bits per heavy atom. The molecule has 2 atom stereocenters. The summed E-state index contributed by atoms with van der Waals surface area (Å²) in [6.07, 6.45) is 0.679. The second-order valence-corrected chi connectivity index (χ2v) is 21.6. The Balaban J connectivity index is 0.000000171. The van der Waals surface area contributed by atoms with Crippen LogP contribution in [0.1, 0.15) is 140 Å². The molecule has 0 nitrogen and oxygen atoms in total. The van der Waals surface area contributed by atoms with E-state index in [0.717, 1.165) is 61.3 Å². The van der Waals surface area contributed by atoms with Gasteiger partial charge < -0.3 is 0 Å². The van der Waals surface area contributed by atoms with Crippen molar-refractivity contribution in [1.29, 1.82) is 0 Å². The normalized spacial score (nSPS) is 22.1. The first kappa shape index (κ1) is 47.9. The van der Waals surface area contributed by atoms with E-state index >= 15 is 0 Å². The Morgan fingerprint density at radius 3 is 1.82 bits per heavy atom. The molecule has 4 aliphatic carbocycles. The minimum absolute atomic E-state index is 0.164. The fourth-order valence-electron chi connectivity index (χ4n) is 10.6. The third kappa shape index (κ3) is 8.31. The summed E-state index contributed by atoms with van der Waals surface area (Å²) in [6.45, 7) is 29.2. The predicted molar refractivity (Wildman–Crippen MR) is 241 cm³/mol. The molecule has 4 aromatic carbocycles. The molecule has 0 spiro atoms. The number of hydrogen-bond donors (Lipinski definition) is 0. The number of fused-ring (bicyclic) bond motifs is 6. The molecule has 4 aliphatic rings. The number of benzene rings is 3. The fourth-order valence-corrected chi connectivity index (χ4v) is 11.4. The molecule has 1 saturated carbocycles. The van der Waals surface area contributed by atoms with E-state index in [1.165, 1.54) is 59.4 Å². The molecule has 7 heteroatoms. The zero-order valence-corrected chi connectivity index (χ0v) is 40.9. The van der Waals surface area contributed by atoms with E-state index in [2.05, 4.69) is 138 Å². The van der Waals surface area contributed by atoms with Gasteiger partial charge in [-0.3, -0.25) is 0 Å². The SMILES string of the molecule is CCc1cc(C(C)(C)C)c[cH-]1.C[C-]1C2=C3Cc4ccccc4C3=C3C=CCCC3C2(C)C(C)(C)C(C)(C)C1(C)C.FC(F)(F)c1cccc([C](=[Zr+2])c2cccc(C(F)(F)F)c2)c1. The van der Waals surface area contributed by atoms with Gasteiger partial charge >= 0.3 is 137 Å². The molecule has 0 N–H and O–H groups in total. The fraction of sp³-hybridized carbons (Fsp3) is 0.436. The van der Waals surface area contributed by atoms with E-state index in [1.54, 1.807) is 28.2 Å². The van der Waals surface area contributed by atoms with Crippen molar-refractivity contribution < 1.29 is 50.6 Å². The van der Waals surface area contributed by atoms with Crippen molar-refractivity contribution in [2.45, 2.75) is 127 Å². The summed E-state index contributed by atoms with van der Waals surface area (Å²) in [5.41, 5.74) is 12.4. The predicted octanol–water partition coefficient (Wildman–Crippen LogP) is 16.1. The van der Waals surface area contributed by atoms with Gasteiger partial charge in [-0.1, -0.05) is 153 Å². The van der Waals surface area contributed by atoms with Crippen molar-refractivity contribution in [3.8, 4) is 0 Å². The molecule has 0 bridgehead atoms. The molecule has 2 unspecified atom stereocenters. The second-order valence-electron chi connectivity index (χ2n) is 20.4. The van der Waals surface area contributed by atoms with E-state index in [9.17, 15) is 26.3 Å². The van der Waals surface area contributed by atoms with Gasteiger partial charge in [0, 0.05) is 0 Å². The van der Waals surface area contributed by atoms with Crippen LogP contribution >= 0.6 is 0 Å². The molecule has 0 saturated heterocycles. The van der Waals surface area contributed by atoms with Gasteiger partial charge in [-0.25, -0.2) is 12.0 Å². The van der Waals surface area contributed by atoms with Gasteiger partial charge in [0.05, 0.1) is 0 Å². The topological polar surface area (TPSA) is 0 Å². The van der Waals surface area contributed by atoms with Gasteiger partial charge in [0.1, 0.15) is 0 Å². The summed E-state index contributed by atoms with van der Waals surface area (Å²) in [4.78, 5) is 0. The first-order valence-corrected chi connectivity index (χ1v) is 23.1. The van der Waals surface area contributed by atoms with Gasteiger partial charge in [-0.15, -0.1) is 6.92 Å². The number of allylic oxidation sites excluding steroid dienone is 6. The summed E-state index contributed by atoms with van der Waals surface area (Å²) in [5.74, 6) is 2.24. The van der Waals surface area contributed by atoms with Gasteiger partial charge in [-0.2, -0.15) is 34.4 Å². The van der Waals surface area contributed by atoms with Gasteiger partial charge in [0.15, 0.2) is 0 Å². The number of aryl methyl sites for hydroxylation is 1. The van der Waals surface area contributed by atoms with Crippen molar-refractivity contribution in [3.63, 3.8) is 0 Å². The van der Waals surface area contributed by atoms with Crippen LogP contribution < -0.4 is 0 Å². The molecule has 328 valence electrons. The monoisotopic (exact) mass is 926 g/mol. The van der Waals surface area contributed by atoms with Crippen molar-refractivity contribution in [1.82, 2.24) is 0 Å². The number of hydrogen-bond acceptors (Lipinski definition) is 0. The maximum atomic E-state index is 12.7. The third-order valence-electron chi connectivity index (χ3n) is 15.8. The molecule has 0 aliphatic heterocycles. The minimum atomic E-state index is -4.49. The van der Waals surface area contributed by atoms with Gasteiger partial charge in [-0.05, 0) is 40.6 Å². The number of rotatable bonds is 3. The summed E-state index contributed by atoms with van der Waals surface area (Å²) in [6, 6.07) is 25.1. The maximum absolute atomic E-state index is 12.7. The van der Waals surface area contributed by atoms with Crippen LogP contribution in [0.15, 0.2) is 120 Å². The molecule has 0 radical (unpaired) electrons. The number of alkyl halides is 6. The van der Waals surface area contributed by atoms with Gasteiger partial charge in [0.2, 0.25) is 0 Å². The van der Waals surface area contributed by atoms with Crippen LogP contribution in [0.25, 0.3) is 5.57 Å². The molecular formula is C55H62F6Zr. The summed E-state index contributed by atoms with van der Waals surface area (Å²) < 4.78 is 76.7. The van der Waals surface area contributed by atoms with Crippen LogP contribution in [0, 0.1) is 33.5 Å². The summed E-state index contributed by atoms with van der Waals surface area (Å²) >= 11 is 0.729.